The summed E-state index contributed by atoms with van der Waals surface area (Å²) in [6.45, 7) is 11.7. The van der Waals surface area contributed by atoms with Crippen molar-refractivity contribution in [2.45, 2.75) is 70.4 Å². The molecule has 0 aliphatic carbocycles. The summed E-state index contributed by atoms with van der Waals surface area (Å²) < 4.78 is 20.2. The van der Waals surface area contributed by atoms with Crippen molar-refractivity contribution < 1.29 is 28.5 Å². The second-order valence-electron chi connectivity index (χ2n) is 19.3. The lowest BCUT2D eigenvalue weighted by atomic mass is 9.82. The number of rotatable bonds is 13. The van der Waals surface area contributed by atoms with E-state index < -0.39 is 30.9 Å². The highest BCUT2D eigenvalue weighted by molar-refractivity contribution is 9.10. The predicted molar refractivity (Wildman–Crippen MR) is 270 cm³/mol. The van der Waals surface area contributed by atoms with Crippen molar-refractivity contribution in [2.75, 3.05) is 80.1 Å². The topological polar surface area (TPSA) is 195 Å². The first kappa shape index (κ1) is 46.7. The molecule has 5 aromatic rings. The summed E-state index contributed by atoms with van der Waals surface area (Å²) in [4.78, 5) is 77.5. The zero-order chi connectivity index (χ0) is 48.1. The van der Waals surface area contributed by atoms with E-state index in [4.69, 9.17) is 9.72 Å². The van der Waals surface area contributed by atoms with Crippen LogP contribution in [0, 0.1) is 11.8 Å². The molecular formula is C50H57BrN11O6P. The second-order valence-corrected chi connectivity index (χ2v) is 23.3. The minimum Gasteiger partial charge on any atom is -0.494 e. The van der Waals surface area contributed by atoms with E-state index in [1.807, 2.05) is 18.2 Å². The third-order valence-corrected chi connectivity index (χ3v) is 16.7. The molecule has 17 nitrogen and oxygen atoms in total. The Balaban J connectivity index is 0.714. The van der Waals surface area contributed by atoms with Gasteiger partial charge >= 0.3 is 0 Å². The van der Waals surface area contributed by atoms with Crippen LogP contribution >= 0.6 is 23.1 Å². The van der Waals surface area contributed by atoms with Crippen LogP contribution in [0.25, 0.3) is 11.0 Å². The number of halogens is 1. The fourth-order valence-electron chi connectivity index (χ4n) is 11.0. The average Bonchev–Trinajstić information content (AvgIpc) is 3.58. The van der Waals surface area contributed by atoms with E-state index in [-0.39, 0.29) is 18.7 Å². The average molecular weight is 1020 g/mol. The van der Waals surface area contributed by atoms with Gasteiger partial charge < -0.3 is 34.6 Å². The highest BCUT2D eigenvalue weighted by Crippen LogP contribution is 2.43. The van der Waals surface area contributed by atoms with E-state index in [9.17, 15) is 23.7 Å². The number of carbonyl (C=O) groups is 4. The minimum atomic E-state index is -2.78. The highest BCUT2D eigenvalue weighted by Gasteiger charge is 2.45. The Hall–Kier alpha value is -5.97. The zero-order valence-corrected chi connectivity index (χ0v) is 41.8. The summed E-state index contributed by atoms with van der Waals surface area (Å²) in [6.07, 6.45) is 11.8. The van der Waals surface area contributed by atoms with E-state index >= 15 is 0 Å². The lowest BCUT2D eigenvalue weighted by Gasteiger charge is -2.45. The number of likely N-dealkylation sites (tertiary alicyclic amines) is 1. The highest BCUT2D eigenvalue weighted by atomic mass is 79.9. The van der Waals surface area contributed by atoms with Crippen LogP contribution in [0.5, 0.6) is 5.75 Å². The van der Waals surface area contributed by atoms with Crippen molar-refractivity contribution in [3.63, 3.8) is 0 Å². The second kappa shape index (κ2) is 19.1. The van der Waals surface area contributed by atoms with E-state index in [0.717, 1.165) is 74.8 Å². The number of anilines is 6. The smallest absolute Gasteiger partial charge is 0.262 e. The minimum absolute atomic E-state index is 0.0990. The number of fused-ring (bicyclic) bond motifs is 2. The molecule has 10 rings (SSSR count). The molecule has 5 aliphatic heterocycles. The molecule has 3 N–H and O–H groups in total. The van der Waals surface area contributed by atoms with E-state index in [1.54, 1.807) is 51.2 Å². The Morgan fingerprint density at radius 1 is 0.826 bits per heavy atom. The first-order valence-corrected chi connectivity index (χ1v) is 27.3. The zero-order valence-electron chi connectivity index (χ0n) is 39.3. The molecule has 2 aromatic heterocycles. The quantitative estimate of drug-likeness (QED) is 0.0798. The third-order valence-electron chi connectivity index (χ3n) is 14.6. The van der Waals surface area contributed by atoms with Crippen molar-refractivity contribution in [1.29, 1.82) is 0 Å². The normalized spacial score (nSPS) is 19.8. The Morgan fingerprint density at radius 2 is 1.58 bits per heavy atom. The van der Waals surface area contributed by atoms with Gasteiger partial charge in [-0.1, -0.05) is 6.92 Å². The Labute approximate surface area is 409 Å². The van der Waals surface area contributed by atoms with Gasteiger partial charge in [-0.05, 0) is 141 Å². The van der Waals surface area contributed by atoms with Crippen LogP contribution in [-0.2, 0) is 20.6 Å². The number of piperidine rings is 3. The Morgan fingerprint density at radius 3 is 2.30 bits per heavy atom. The van der Waals surface area contributed by atoms with Gasteiger partial charge in [0, 0.05) is 74.7 Å². The fourth-order valence-corrected chi connectivity index (χ4v) is 12.7. The van der Waals surface area contributed by atoms with Crippen LogP contribution in [0.2, 0.25) is 0 Å². The first-order chi connectivity index (χ1) is 33.3. The first-order valence-electron chi connectivity index (χ1n) is 23.9. The fraction of sp³-hybridized carbons (Fsp3) is 0.440. The maximum atomic E-state index is 13.6. The van der Waals surface area contributed by atoms with Crippen molar-refractivity contribution in [3.8, 4) is 5.75 Å². The number of carbonyl (C=O) groups excluding carboxylic acids is 4. The molecule has 360 valence electrons. The number of nitrogens with zero attached hydrogens (tertiary/aromatic N) is 8. The molecule has 0 bridgehead atoms. The van der Waals surface area contributed by atoms with Gasteiger partial charge in [-0.15, -0.1) is 0 Å². The monoisotopic (exact) mass is 1020 g/mol. The number of hydrogen-bond acceptors (Lipinski definition) is 15. The van der Waals surface area contributed by atoms with Crippen LogP contribution in [0.3, 0.4) is 0 Å². The molecule has 4 fully saturated rings. The lowest BCUT2D eigenvalue weighted by molar-refractivity contribution is -0.136. The van der Waals surface area contributed by atoms with E-state index in [1.165, 1.54) is 30.5 Å². The van der Waals surface area contributed by atoms with Crippen molar-refractivity contribution in [1.82, 2.24) is 35.1 Å². The molecular weight excluding hydrogens is 961 g/mol. The molecule has 69 heavy (non-hydrogen) atoms. The number of methoxy groups -OCH3 is 1. The van der Waals surface area contributed by atoms with Gasteiger partial charge in [-0.25, -0.2) is 4.98 Å². The summed E-state index contributed by atoms with van der Waals surface area (Å²) in [5, 5.41) is 9.66. The molecule has 7 heterocycles. The molecule has 5 aliphatic rings. The maximum Gasteiger partial charge on any atom is 0.262 e. The van der Waals surface area contributed by atoms with E-state index in [2.05, 4.69) is 80.6 Å². The number of aromatic nitrogens is 4. The number of nitrogens with one attached hydrogen (secondary N) is 3. The summed E-state index contributed by atoms with van der Waals surface area (Å²) in [5.41, 5.74) is 6.64. The van der Waals surface area contributed by atoms with Crippen molar-refractivity contribution in [2.24, 2.45) is 11.8 Å². The molecule has 4 amide bonds. The van der Waals surface area contributed by atoms with Gasteiger partial charge in [0.25, 0.3) is 11.8 Å². The molecule has 19 heteroatoms. The number of ether oxygens (including phenoxy) is 1. The summed E-state index contributed by atoms with van der Waals surface area (Å²) in [5.74, 6) is 0.938. The summed E-state index contributed by atoms with van der Waals surface area (Å²) >= 11 is 3.60. The van der Waals surface area contributed by atoms with Gasteiger partial charge in [-0.3, -0.25) is 39.4 Å². The van der Waals surface area contributed by atoms with Gasteiger partial charge in [-0.2, -0.15) is 4.98 Å². The number of imide groups is 2. The molecule has 1 atom stereocenters. The molecule has 4 saturated heterocycles. The largest absolute Gasteiger partial charge is 0.494 e. The number of aryl methyl sites for hydroxylation is 1. The number of benzene rings is 3. The molecule has 1 unspecified atom stereocenters. The maximum absolute atomic E-state index is 13.6. The van der Waals surface area contributed by atoms with Gasteiger partial charge in [0.05, 0.1) is 44.9 Å². The number of amides is 4. The molecule has 0 saturated carbocycles. The van der Waals surface area contributed by atoms with Crippen LogP contribution in [0.1, 0.15) is 78.1 Å². The third kappa shape index (κ3) is 9.30. The van der Waals surface area contributed by atoms with Gasteiger partial charge in [0.15, 0.2) is 0 Å². The standard InChI is InChI=1S/C50H57BrN11O6P/c1-5-31-23-39(56-50-54-26-36(51)46(58-50)55-38-9-8-37-44(53-17-16-52-37)45(38)69(3,4)67)42(68-2)25-41(31)60-20-14-32(15-21-60)59-18-12-29(13-19-59)22-30-27-61(28-30)33-6-7-34-35(24-33)49(66)62(48(34)65)40-10-11-43(63)57-47(40)64/h6-9,16-17,23-26,29-30,32,40H,5,10-15,18-22,27-28H2,1-4H3,(H,57,63,64)(H2,54,55,56,58). The van der Waals surface area contributed by atoms with E-state index in [0.29, 0.717) is 73.0 Å². The van der Waals surface area contributed by atoms with Crippen molar-refractivity contribution in [3.05, 3.63) is 82.2 Å². The lowest BCUT2D eigenvalue weighted by Crippen LogP contribution is -2.54. The summed E-state index contributed by atoms with van der Waals surface area (Å²) in [6, 6.07) is 13.0. The molecule has 0 radical (unpaired) electrons. The molecule has 3 aromatic carbocycles. The van der Waals surface area contributed by atoms with Gasteiger partial charge in [0.2, 0.25) is 17.8 Å². The van der Waals surface area contributed by atoms with Crippen LogP contribution in [0.15, 0.2) is 65.5 Å². The van der Waals surface area contributed by atoms with Crippen molar-refractivity contribution >= 4 is 97.6 Å². The SMILES string of the molecule is CCc1cc(Nc2ncc(Br)c(Nc3ccc4nccnc4c3P(C)(C)=O)n2)c(OC)cc1N1CCC(N2CCC(CC3CN(c4ccc5c(c4)C(=O)N(C4CCC(=O)NC4=O)C5=O)C3)CC2)CC1. The van der Waals surface area contributed by atoms with Crippen LogP contribution in [-0.4, -0.2) is 125 Å². The van der Waals surface area contributed by atoms with Gasteiger partial charge in [0.1, 0.15) is 30.3 Å². The predicted octanol–water partition coefficient (Wildman–Crippen LogP) is 7.10. The van der Waals surface area contributed by atoms with Crippen LogP contribution in [0.4, 0.5) is 34.5 Å². The molecule has 0 spiro atoms. The Kier molecular flexibility index (Phi) is 12.9. The number of hydrogen-bond donors (Lipinski definition) is 3. The summed E-state index contributed by atoms with van der Waals surface area (Å²) in [7, 11) is -1.10. The Bertz CT molecular complexity index is 2910. The van der Waals surface area contributed by atoms with Crippen LogP contribution < -0.4 is 35.8 Å².